The van der Waals surface area contributed by atoms with Gasteiger partial charge in [-0.2, -0.15) is 0 Å². The van der Waals surface area contributed by atoms with Gasteiger partial charge in [0.1, 0.15) is 0 Å². The maximum Gasteiger partial charge on any atom is 0.319 e. The molecule has 3 N–H and O–H groups in total. The number of anilines is 1. The van der Waals surface area contributed by atoms with Crippen LogP contribution in [0.5, 0.6) is 0 Å². The minimum absolute atomic E-state index is 0.300. The molecule has 1 heterocycles. The Morgan fingerprint density at radius 3 is 2.69 bits per heavy atom. The molecule has 1 saturated carbocycles. The molecule has 5 heteroatoms. The summed E-state index contributed by atoms with van der Waals surface area (Å²) in [5.74, 6) is 0. The highest BCUT2D eigenvalue weighted by Crippen LogP contribution is 2.30. The van der Waals surface area contributed by atoms with Crippen LogP contribution in [0.25, 0.3) is 0 Å². The molecule has 1 fully saturated rings. The minimum atomic E-state index is -0.685. The van der Waals surface area contributed by atoms with Gasteiger partial charge in [-0.05, 0) is 31.4 Å². The summed E-state index contributed by atoms with van der Waals surface area (Å²) in [4.78, 5) is 15.3. The van der Waals surface area contributed by atoms with Crippen molar-refractivity contribution in [1.82, 2.24) is 10.3 Å². The molecule has 5 nitrogen and oxygen atoms in total. The van der Waals surface area contributed by atoms with Crippen molar-refractivity contribution in [3.05, 3.63) is 24.5 Å². The number of rotatable bonds is 3. The summed E-state index contributed by atoms with van der Waals surface area (Å²) < 4.78 is 0. The Hall–Kier alpha value is -1.62. The third kappa shape index (κ3) is 2.70. The summed E-state index contributed by atoms with van der Waals surface area (Å²) in [6.45, 7) is 0.309. The molecule has 2 rings (SSSR count). The van der Waals surface area contributed by atoms with E-state index in [4.69, 9.17) is 0 Å². The lowest BCUT2D eigenvalue weighted by molar-refractivity contribution is -0.0287. The van der Waals surface area contributed by atoms with Gasteiger partial charge in [-0.25, -0.2) is 4.79 Å². The molecule has 86 valence electrons. The third-order valence-electron chi connectivity index (χ3n) is 2.80. The van der Waals surface area contributed by atoms with Gasteiger partial charge in [-0.15, -0.1) is 0 Å². The molecule has 0 spiro atoms. The molecule has 1 aliphatic rings. The Bertz CT molecular complexity index is 363. The fourth-order valence-corrected chi connectivity index (χ4v) is 1.62. The van der Waals surface area contributed by atoms with E-state index in [1.807, 2.05) is 0 Å². The lowest BCUT2D eigenvalue weighted by Crippen LogP contribution is -2.48. The molecule has 0 saturated heterocycles. The van der Waals surface area contributed by atoms with Crippen LogP contribution >= 0.6 is 0 Å². The number of urea groups is 1. The number of nitrogens with one attached hydrogen (secondary N) is 2. The Labute approximate surface area is 93.9 Å². The molecule has 1 aliphatic carbocycles. The maximum atomic E-state index is 11.4. The molecule has 0 atom stereocenters. The van der Waals surface area contributed by atoms with Crippen molar-refractivity contribution in [1.29, 1.82) is 0 Å². The number of pyridine rings is 1. The Morgan fingerprint density at radius 2 is 2.12 bits per heavy atom. The minimum Gasteiger partial charge on any atom is -0.388 e. The van der Waals surface area contributed by atoms with E-state index >= 15 is 0 Å². The van der Waals surface area contributed by atoms with Crippen molar-refractivity contribution in [3.63, 3.8) is 0 Å². The highest BCUT2D eigenvalue weighted by atomic mass is 16.3. The molecule has 0 radical (unpaired) electrons. The number of amides is 2. The van der Waals surface area contributed by atoms with Crippen molar-refractivity contribution in [2.45, 2.75) is 24.9 Å². The van der Waals surface area contributed by atoms with Gasteiger partial charge >= 0.3 is 6.03 Å². The van der Waals surface area contributed by atoms with Crippen LogP contribution in [0, 0.1) is 0 Å². The van der Waals surface area contributed by atoms with E-state index in [1.165, 1.54) is 0 Å². The zero-order chi connectivity index (χ0) is 11.4. The number of aliphatic hydroxyl groups is 1. The summed E-state index contributed by atoms with van der Waals surface area (Å²) in [7, 11) is 0. The van der Waals surface area contributed by atoms with Gasteiger partial charge in [0, 0.05) is 24.6 Å². The van der Waals surface area contributed by atoms with Crippen LogP contribution in [0.4, 0.5) is 10.5 Å². The summed E-state index contributed by atoms with van der Waals surface area (Å²) in [6, 6.07) is 3.11. The van der Waals surface area contributed by atoms with E-state index in [0.717, 1.165) is 19.3 Å². The number of carbonyl (C=O) groups is 1. The van der Waals surface area contributed by atoms with Crippen LogP contribution in [0.3, 0.4) is 0 Å². The molecule has 2 amide bonds. The number of aromatic nitrogens is 1. The van der Waals surface area contributed by atoms with E-state index in [-0.39, 0.29) is 6.03 Å². The molecule has 16 heavy (non-hydrogen) atoms. The summed E-state index contributed by atoms with van der Waals surface area (Å²) in [5, 5.41) is 15.1. The van der Waals surface area contributed by atoms with E-state index in [1.54, 1.807) is 24.5 Å². The number of nitrogens with zero attached hydrogens (tertiary/aromatic N) is 1. The van der Waals surface area contributed by atoms with Gasteiger partial charge in [0.2, 0.25) is 0 Å². The smallest absolute Gasteiger partial charge is 0.319 e. The first-order valence-electron chi connectivity index (χ1n) is 5.35. The molecule has 1 aromatic rings. The highest BCUT2D eigenvalue weighted by Gasteiger charge is 2.34. The standard InChI is InChI=1S/C11H15N3O2/c15-10(13-8-11(16)4-1-5-11)14-9-2-6-12-7-3-9/h2-3,6-7,16H,1,4-5,8H2,(H2,12,13,14,15). The first-order valence-corrected chi connectivity index (χ1v) is 5.35. The summed E-state index contributed by atoms with van der Waals surface area (Å²) >= 11 is 0. The van der Waals surface area contributed by atoms with Crippen molar-refractivity contribution in [2.75, 3.05) is 11.9 Å². The molecule has 0 aliphatic heterocycles. The molecule has 0 unspecified atom stereocenters. The van der Waals surface area contributed by atoms with Crippen LogP contribution < -0.4 is 10.6 Å². The van der Waals surface area contributed by atoms with Gasteiger partial charge in [-0.3, -0.25) is 4.98 Å². The summed E-state index contributed by atoms with van der Waals surface area (Å²) in [6.07, 6.45) is 5.78. The molecule has 0 aromatic carbocycles. The van der Waals surface area contributed by atoms with E-state index in [0.29, 0.717) is 12.2 Å². The average Bonchev–Trinajstić information content (AvgIpc) is 2.25. The third-order valence-corrected chi connectivity index (χ3v) is 2.80. The molecule has 1 aromatic heterocycles. The molecule has 0 bridgehead atoms. The lowest BCUT2D eigenvalue weighted by atomic mass is 9.80. The Balaban J connectivity index is 1.76. The Morgan fingerprint density at radius 1 is 1.44 bits per heavy atom. The lowest BCUT2D eigenvalue weighted by Gasteiger charge is -2.36. The van der Waals surface area contributed by atoms with Gasteiger partial charge in [0.15, 0.2) is 0 Å². The number of carbonyl (C=O) groups excluding carboxylic acids is 1. The van der Waals surface area contributed by atoms with Gasteiger partial charge in [0.25, 0.3) is 0 Å². The van der Waals surface area contributed by atoms with E-state index < -0.39 is 5.60 Å². The first-order chi connectivity index (χ1) is 7.68. The fraction of sp³-hybridized carbons (Fsp3) is 0.455. The van der Waals surface area contributed by atoms with Gasteiger partial charge in [-0.1, -0.05) is 0 Å². The van der Waals surface area contributed by atoms with Crippen LogP contribution in [0.2, 0.25) is 0 Å². The maximum absolute atomic E-state index is 11.4. The normalized spacial score (nSPS) is 17.3. The van der Waals surface area contributed by atoms with Gasteiger partial charge < -0.3 is 15.7 Å². The predicted molar refractivity (Wildman–Crippen MR) is 60.1 cm³/mol. The second kappa shape index (κ2) is 4.49. The molecular weight excluding hydrogens is 206 g/mol. The monoisotopic (exact) mass is 221 g/mol. The fourth-order valence-electron chi connectivity index (χ4n) is 1.62. The van der Waals surface area contributed by atoms with Crippen molar-refractivity contribution in [3.8, 4) is 0 Å². The second-order valence-electron chi connectivity index (χ2n) is 4.12. The van der Waals surface area contributed by atoms with Crippen LogP contribution in [-0.2, 0) is 0 Å². The summed E-state index contributed by atoms with van der Waals surface area (Å²) in [5.41, 5.74) is 0.00312. The largest absolute Gasteiger partial charge is 0.388 e. The van der Waals surface area contributed by atoms with Crippen LogP contribution in [0.15, 0.2) is 24.5 Å². The highest BCUT2D eigenvalue weighted by molar-refractivity contribution is 5.89. The van der Waals surface area contributed by atoms with E-state index in [2.05, 4.69) is 15.6 Å². The van der Waals surface area contributed by atoms with Gasteiger partial charge in [0.05, 0.1) is 5.60 Å². The molecular formula is C11H15N3O2. The van der Waals surface area contributed by atoms with Crippen LogP contribution in [-0.4, -0.2) is 28.3 Å². The van der Waals surface area contributed by atoms with Crippen molar-refractivity contribution in [2.24, 2.45) is 0 Å². The second-order valence-corrected chi connectivity index (χ2v) is 4.12. The van der Waals surface area contributed by atoms with Crippen molar-refractivity contribution >= 4 is 11.7 Å². The number of hydrogen-bond donors (Lipinski definition) is 3. The van der Waals surface area contributed by atoms with E-state index in [9.17, 15) is 9.90 Å². The quantitative estimate of drug-likeness (QED) is 0.716. The number of hydrogen-bond acceptors (Lipinski definition) is 3. The van der Waals surface area contributed by atoms with Crippen LogP contribution in [0.1, 0.15) is 19.3 Å². The zero-order valence-electron chi connectivity index (χ0n) is 8.94. The SMILES string of the molecule is O=C(NCC1(O)CCC1)Nc1ccncc1. The zero-order valence-corrected chi connectivity index (χ0v) is 8.94. The van der Waals surface area contributed by atoms with Crippen molar-refractivity contribution < 1.29 is 9.90 Å². The topological polar surface area (TPSA) is 74.2 Å². The Kier molecular flexibility index (Phi) is 3.05. The first kappa shape index (κ1) is 10.9. The average molecular weight is 221 g/mol. The predicted octanol–water partition coefficient (Wildman–Crippen LogP) is 1.12.